The quantitative estimate of drug-likeness (QED) is 0.0508. The van der Waals surface area contributed by atoms with Crippen molar-refractivity contribution >= 4 is 35.8 Å². The predicted octanol–water partition coefficient (Wildman–Crippen LogP) is 21.8. The molecule has 4 aliphatic rings. The maximum absolute atomic E-state index is 13.3. The normalized spacial score (nSPS) is 23.4. The average molecular weight is 1790 g/mol. The number of rotatable bonds is 21. The highest BCUT2D eigenvalue weighted by atomic mass is 19.4. The van der Waals surface area contributed by atoms with E-state index in [0.29, 0.717) is 25.2 Å². The Bertz CT molecular complexity index is 3260. The molecule has 4 fully saturated rings. The van der Waals surface area contributed by atoms with E-state index in [9.17, 15) is 155 Å². The van der Waals surface area contributed by atoms with E-state index < -0.39 is 216 Å². The van der Waals surface area contributed by atoms with E-state index in [4.69, 9.17) is 18.9 Å². The molecular weight excluding hydrogens is 1670 g/mol. The molecule has 5 rings (SSSR count). The van der Waals surface area contributed by atoms with Crippen molar-refractivity contribution in [2.75, 3.05) is 0 Å². The van der Waals surface area contributed by atoms with Gasteiger partial charge in [0.1, 0.15) is 18.3 Å². The first kappa shape index (κ1) is 114. The lowest BCUT2D eigenvalue weighted by atomic mass is 9.66. The fourth-order valence-corrected chi connectivity index (χ4v) is 11.9. The topological polar surface area (TPSA) is 239 Å². The number of hydrogen-bond acceptors (Lipinski definition) is 16. The second-order valence-electron chi connectivity index (χ2n) is 35.1. The summed E-state index contributed by atoms with van der Waals surface area (Å²) in [4.78, 5) is 70.2. The highest BCUT2D eigenvalue weighted by molar-refractivity contribution is 5.83. The van der Waals surface area contributed by atoms with Crippen LogP contribution < -0.4 is 0 Å². The third-order valence-corrected chi connectivity index (χ3v) is 23.4. The lowest BCUT2D eigenvalue weighted by molar-refractivity contribution is -0.392. The van der Waals surface area contributed by atoms with Crippen molar-refractivity contribution in [3.63, 3.8) is 0 Å². The molecule has 0 bridgehead atoms. The number of aliphatic hydroxyl groups is 4. The van der Waals surface area contributed by atoms with E-state index in [1.165, 1.54) is 52.2 Å². The Hall–Kier alpha value is -5.80. The molecule has 1 aliphatic heterocycles. The van der Waals surface area contributed by atoms with Crippen molar-refractivity contribution in [2.45, 2.75) is 375 Å². The van der Waals surface area contributed by atoms with E-state index in [0.717, 1.165) is 33.1 Å². The van der Waals surface area contributed by atoms with Crippen molar-refractivity contribution in [1.29, 1.82) is 0 Å². The molecule has 1 aromatic rings. The molecule has 16 nitrogen and oxygen atoms in total. The summed E-state index contributed by atoms with van der Waals surface area (Å²) in [6.45, 7) is 35.7. The first-order chi connectivity index (χ1) is 53.3. The van der Waals surface area contributed by atoms with E-state index in [2.05, 4.69) is 68.4 Å². The zero-order valence-electron chi connectivity index (χ0n) is 71.7. The first-order valence-corrected chi connectivity index (χ1v) is 39.1. The van der Waals surface area contributed by atoms with Gasteiger partial charge in [0.2, 0.25) is 6.10 Å². The van der Waals surface area contributed by atoms with E-state index in [1.807, 2.05) is 20.8 Å². The molecule has 3 aliphatic carbocycles. The molecule has 3 saturated carbocycles. The third kappa shape index (κ3) is 30.2. The SMILES string of the molecule is CCC(C)(C)C(=O)OC(C)C(F)(F)F.CCC(C)(C)C(=O)OC1C(=O)OC2CCCC21.CCC(C)(C)C(=O)OC1CC(C(C)(O)C(F)(F)F)CC(C(O)(C(F)(F)F)C(F)(F)F)C1.CCC(C)(C)C(=O)OC1CC(C(C)(O)C(F)(F)F)CC(C(O)(C(F)(F)F)C(F)(F)F)C1.CCC(C)C(=O)OC(C)C(F)(F)F.CCC(C)c1ccc(C(C)(C)C)cc1. The number of hydrogen-bond donors (Lipinski definition) is 4. The van der Waals surface area contributed by atoms with Gasteiger partial charge in [-0.1, -0.05) is 100 Å². The molecule has 0 aromatic heterocycles. The van der Waals surface area contributed by atoms with E-state index in [1.54, 1.807) is 41.5 Å². The summed E-state index contributed by atoms with van der Waals surface area (Å²) >= 11 is 0. The van der Waals surface area contributed by atoms with E-state index >= 15 is 0 Å². The number of alkyl halides is 24. The lowest BCUT2D eigenvalue weighted by Crippen LogP contribution is -2.64. The van der Waals surface area contributed by atoms with Crippen LogP contribution in [0.4, 0.5) is 105 Å². The molecule has 15 atom stereocenters. The van der Waals surface area contributed by atoms with Gasteiger partial charge >= 0.3 is 85.2 Å². The minimum absolute atomic E-state index is 0.0231. The zero-order chi connectivity index (χ0) is 95.3. The van der Waals surface area contributed by atoms with Gasteiger partial charge < -0.3 is 48.8 Å². The second-order valence-corrected chi connectivity index (χ2v) is 35.1. The van der Waals surface area contributed by atoms with Gasteiger partial charge in [0.05, 0.1) is 27.6 Å². The van der Waals surface area contributed by atoms with Gasteiger partial charge in [0.25, 0.3) is 11.2 Å². The highest BCUT2D eigenvalue weighted by Crippen LogP contribution is 2.58. The summed E-state index contributed by atoms with van der Waals surface area (Å²) < 4.78 is 340. The number of carbonyl (C=O) groups excluding carboxylic acids is 6. The molecular formula is C80H120F24O16. The molecule has 120 heavy (non-hydrogen) atoms. The maximum atomic E-state index is 13.3. The molecule has 0 amide bonds. The minimum Gasteiger partial charge on any atom is -0.462 e. The van der Waals surface area contributed by atoms with Gasteiger partial charge in [-0.3, -0.25) is 24.0 Å². The van der Waals surface area contributed by atoms with Gasteiger partial charge in [0, 0.05) is 29.6 Å². The molecule has 15 unspecified atom stereocenters. The Labute approximate surface area is 684 Å². The highest BCUT2D eigenvalue weighted by Gasteiger charge is 2.77. The fraction of sp³-hybridized carbons (Fsp3) is 0.850. The van der Waals surface area contributed by atoms with Crippen molar-refractivity contribution in [3.8, 4) is 0 Å². The maximum Gasteiger partial charge on any atom is 0.426 e. The van der Waals surface area contributed by atoms with Crippen molar-refractivity contribution in [2.24, 2.45) is 57.2 Å². The Morgan fingerprint density at radius 3 is 1.00 bits per heavy atom. The van der Waals surface area contributed by atoms with Crippen LogP contribution in [0, 0.1) is 57.2 Å². The molecule has 0 spiro atoms. The summed E-state index contributed by atoms with van der Waals surface area (Å²) in [5.41, 5.74) is -18.7. The summed E-state index contributed by atoms with van der Waals surface area (Å²) in [5.74, 6) is -14.2. The van der Waals surface area contributed by atoms with Crippen LogP contribution in [0.2, 0.25) is 0 Å². The van der Waals surface area contributed by atoms with Crippen LogP contribution in [0.25, 0.3) is 0 Å². The number of esters is 6. The van der Waals surface area contributed by atoms with Gasteiger partial charge in [-0.15, -0.1) is 0 Å². The smallest absolute Gasteiger partial charge is 0.426 e. The molecule has 1 saturated heterocycles. The number of carbonyl (C=O) groups is 6. The summed E-state index contributed by atoms with van der Waals surface area (Å²) in [6, 6.07) is 9.08. The van der Waals surface area contributed by atoms with Crippen LogP contribution in [-0.4, -0.2) is 165 Å². The molecule has 40 heteroatoms. The Morgan fingerprint density at radius 2 is 0.717 bits per heavy atom. The summed E-state index contributed by atoms with van der Waals surface area (Å²) in [6.07, 6.45) is -54.2. The van der Waals surface area contributed by atoms with Gasteiger partial charge in [0.15, 0.2) is 23.4 Å². The Balaban J connectivity index is 0.00000147. The fourth-order valence-electron chi connectivity index (χ4n) is 11.9. The second kappa shape index (κ2) is 42.0. The van der Waals surface area contributed by atoms with Crippen LogP contribution in [0.15, 0.2) is 24.3 Å². The number of benzene rings is 1. The average Bonchev–Trinajstić information content (AvgIpc) is 0.886. The van der Waals surface area contributed by atoms with Gasteiger partial charge in [-0.05, 0) is 202 Å². The third-order valence-electron chi connectivity index (χ3n) is 23.4. The van der Waals surface area contributed by atoms with Crippen LogP contribution in [0.1, 0.15) is 273 Å². The first-order valence-electron chi connectivity index (χ1n) is 39.1. The number of ether oxygens (including phenoxy) is 6. The van der Waals surface area contributed by atoms with E-state index in [-0.39, 0.29) is 56.1 Å². The van der Waals surface area contributed by atoms with Crippen molar-refractivity contribution in [1.82, 2.24) is 0 Å². The van der Waals surface area contributed by atoms with Crippen LogP contribution in [0.5, 0.6) is 0 Å². The minimum atomic E-state index is -6.28. The van der Waals surface area contributed by atoms with Crippen LogP contribution in [0.3, 0.4) is 0 Å². The molecule has 704 valence electrons. The zero-order valence-corrected chi connectivity index (χ0v) is 71.7. The largest absolute Gasteiger partial charge is 0.462 e. The van der Waals surface area contributed by atoms with Crippen LogP contribution in [-0.2, 0) is 62.6 Å². The molecule has 1 aromatic carbocycles. The number of fused-ring (bicyclic) bond motifs is 1. The summed E-state index contributed by atoms with van der Waals surface area (Å²) in [7, 11) is 0. The Morgan fingerprint density at radius 1 is 0.408 bits per heavy atom. The van der Waals surface area contributed by atoms with Crippen LogP contribution >= 0.6 is 0 Å². The predicted molar refractivity (Wildman–Crippen MR) is 389 cm³/mol. The van der Waals surface area contributed by atoms with Gasteiger partial charge in [-0.25, -0.2) is 4.79 Å². The standard InChI is InChI=1S/2C18H25F9O4.C14H22.C13H20O4.C9H15F3O2.C8H13F3O2/c2*1-5-13(2,3)12(28)31-11-7-9(14(4,29)16(19,20)21)6-10(8-11)15(30,17(22,23)24)18(25,26)27;1-6-11(2)12-7-9-13(10-8-12)14(3,4)5;1-4-13(2,3)12(15)17-10-8-6-5-7-9(8)16-11(10)14;1-5-8(3,4)7(13)14-6(2)9(10,11)12;1-4-5(2)7(12)13-6(3)8(9,10)11/h2*9-11,29-30H,5-8H2,1-4H3;7-11H,6H2,1-5H3;8-10H,4-7H2,1-3H3;6H,5H2,1-4H3;5-6H,4H2,1-3H3. The molecule has 0 radical (unpaired) electrons. The van der Waals surface area contributed by atoms with Crippen molar-refractivity contribution < 1.29 is 183 Å². The number of halogens is 24. The molecule has 4 N–H and O–H groups in total. The Kier molecular flexibility index (Phi) is 40.0. The lowest BCUT2D eigenvalue weighted by Gasteiger charge is -2.47. The van der Waals surface area contributed by atoms with Crippen molar-refractivity contribution in [3.05, 3.63) is 35.4 Å². The van der Waals surface area contributed by atoms with Gasteiger partial charge in [-0.2, -0.15) is 105 Å². The monoisotopic (exact) mass is 1790 g/mol. The molecule has 1 heterocycles. The summed E-state index contributed by atoms with van der Waals surface area (Å²) in [5, 5.41) is 39.2.